The highest BCUT2D eigenvalue weighted by Crippen LogP contribution is 2.08. The van der Waals surface area contributed by atoms with Crippen molar-refractivity contribution in [3.05, 3.63) is 0 Å². The van der Waals surface area contributed by atoms with E-state index < -0.39 is 66.2 Å². The molecule has 0 aliphatic rings. The van der Waals surface area contributed by atoms with Gasteiger partial charge in [0.15, 0.2) is 0 Å². The van der Waals surface area contributed by atoms with Gasteiger partial charge in [0.2, 0.25) is 23.6 Å². The van der Waals surface area contributed by atoms with Gasteiger partial charge >= 0.3 is 11.9 Å². The number of nitrogens with one attached hydrogen (secondary N) is 3. The van der Waals surface area contributed by atoms with Crippen LogP contribution in [0.2, 0.25) is 0 Å². The Balaban J connectivity index is 5.46. The van der Waals surface area contributed by atoms with E-state index in [1.165, 1.54) is 11.8 Å². The van der Waals surface area contributed by atoms with Crippen molar-refractivity contribution in [3.63, 3.8) is 0 Å². The van der Waals surface area contributed by atoms with Gasteiger partial charge in [-0.3, -0.25) is 24.0 Å². The second kappa shape index (κ2) is 15.9. The lowest BCUT2D eigenvalue weighted by atomic mass is 10.0. The average molecular weight is 506 g/mol. The highest BCUT2D eigenvalue weighted by atomic mass is 32.2. The fourth-order valence-electron chi connectivity index (χ4n) is 2.84. The Morgan fingerprint density at radius 2 is 1.38 bits per heavy atom. The van der Waals surface area contributed by atoms with E-state index >= 15 is 0 Å². The second-order valence-electron chi connectivity index (χ2n) is 8.14. The molecular formula is C20H35N5O8S. The maximum Gasteiger partial charge on any atom is 0.326 e. The van der Waals surface area contributed by atoms with Crippen LogP contribution in [0.5, 0.6) is 0 Å². The smallest absolute Gasteiger partial charge is 0.326 e. The fraction of sp³-hybridized carbons (Fsp3) is 0.700. The Morgan fingerprint density at radius 3 is 1.85 bits per heavy atom. The van der Waals surface area contributed by atoms with Crippen LogP contribution in [0.1, 0.15) is 46.0 Å². The quantitative estimate of drug-likeness (QED) is 0.119. The summed E-state index contributed by atoms with van der Waals surface area (Å²) < 4.78 is 0. The lowest BCUT2D eigenvalue weighted by Crippen LogP contribution is -2.58. The van der Waals surface area contributed by atoms with Crippen LogP contribution in [0.25, 0.3) is 0 Å². The summed E-state index contributed by atoms with van der Waals surface area (Å²) in [6.45, 7) is 3.60. The van der Waals surface area contributed by atoms with E-state index in [4.69, 9.17) is 16.6 Å². The minimum Gasteiger partial charge on any atom is -0.481 e. The van der Waals surface area contributed by atoms with Crippen molar-refractivity contribution < 1.29 is 39.0 Å². The Labute approximate surface area is 202 Å². The van der Waals surface area contributed by atoms with Crippen LogP contribution in [0.4, 0.5) is 0 Å². The molecule has 0 aromatic carbocycles. The summed E-state index contributed by atoms with van der Waals surface area (Å²) >= 11 is 1.40. The number of nitrogens with two attached hydrogens (primary N) is 2. The zero-order valence-electron chi connectivity index (χ0n) is 19.5. The van der Waals surface area contributed by atoms with E-state index in [0.717, 1.165) is 0 Å². The molecule has 9 N–H and O–H groups in total. The summed E-state index contributed by atoms with van der Waals surface area (Å²) in [6, 6.07) is -5.00. The molecule has 0 radical (unpaired) electrons. The number of primary amides is 1. The van der Waals surface area contributed by atoms with Crippen molar-refractivity contribution in [1.82, 2.24) is 16.0 Å². The van der Waals surface area contributed by atoms with Crippen molar-refractivity contribution in [2.75, 3.05) is 12.0 Å². The molecule has 0 aliphatic carbocycles. The van der Waals surface area contributed by atoms with Gasteiger partial charge in [-0.25, -0.2) is 4.79 Å². The third-order valence-electron chi connectivity index (χ3n) is 4.61. The Bertz CT molecular complexity index is 748. The molecule has 0 rings (SSSR count). The molecule has 0 aliphatic heterocycles. The molecule has 0 saturated heterocycles. The normalized spacial score (nSPS) is 14.4. The number of amides is 4. The third-order valence-corrected chi connectivity index (χ3v) is 5.25. The van der Waals surface area contributed by atoms with Crippen LogP contribution in [-0.4, -0.2) is 82.0 Å². The van der Waals surface area contributed by atoms with Gasteiger partial charge in [-0.15, -0.1) is 0 Å². The standard InChI is InChI=1S/C20H35N5O8S/c1-10(2)8-14(20(32)33)25-18(30)12(6-7-34-3)23-19(31)13(9-15(22)26)24-17(29)11(21)4-5-16(27)28/h10-14H,4-9,21H2,1-3H3,(H2,22,26)(H,23,31)(H,24,29)(H,25,30)(H,27,28)(H,32,33). The molecule has 0 heterocycles. The number of thioether (sulfide) groups is 1. The number of carboxylic acid groups (broad SMARTS) is 2. The predicted octanol–water partition coefficient (Wildman–Crippen LogP) is -1.61. The molecule has 0 bridgehead atoms. The van der Waals surface area contributed by atoms with E-state index in [0.29, 0.717) is 5.75 Å². The topological polar surface area (TPSA) is 231 Å². The summed E-state index contributed by atoms with van der Waals surface area (Å²) in [7, 11) is 0. The Hall–Kier alpha value is -2.87. The average Bonchev–Trinajstić information content (AvgIpc) is 2.72. The lowest BCUT2D eigenvalue weighted by Gasteiger charge is -2.25. The summed E-state index contributed by atoms with van der Waals surface area (Å²) in [6.07, 6.45) is 0.951. The maximum absolute atomic E-state index is 12.8. The zero-order valence-corrected chi connectivity index (χ0v) is 20.4. The Kier molecular flexibility index (Phi) is 14.5. The molecule has 0 spiro atoms. The van der Waals surface area contributed by atoms with Crippen molar-refractivity contribution in [1.29, 1.82) is 0 Å². The van der Waals surface area contributed by atoms with Crippen LogP contribution in [0, 0.1) is 5.92 Å². The van der Waals surface area contributed by atoms with Gasteiger partial charge in [0.25, 0.3) is 0 Å². The zero-order chi connectivity index (χ0) is 26.4. The highest BCUT2D eigenvalue weighted by Gasteiger charge is 2.31. The molecule has 0 aromatic heterocycles. The predicted molar refractivity (Wildman–Crippen MR) is 125 cm³/mol. The van der Waals surface area contributed by atoms with E-state index in [2.05, 4.69) is 16.0 Å². The summed E-state index contributed by atoms with van der Waals surface area (Å²) in [4.78, 5) is 71.4. The molecule has 0 aromatic rings. The van der Waals surface area contributed by atoms with E-state index in [1.807, 2.05) is 0 Å². The van der Waals surface area contributed by atoms with Crippen molar-refractivity contribution in [3.8, 4) is 0 Å². The molecule has 34 heavy (non-hydrogen) atoms. The van der Waals surface area contributed by atoms with Crippen molar-refractivity contribution >= 4 is 47.3 Å². The maximum atomic E-state index is 12.8. The van der Waals surface area contributed by atoms with Crippen LogP contribution in [0.3, 0.4) is 0 Å². The molecule has 4 amide bonds. The monoisotopic (exact) mass is 505 g/mol. The summed E-state index contributed by atoms with van der Waals surface area (Å²) in [5, 5.41) is 25.2. The van der Waals surface area contributed by atoms with Crippen molar-refractivity contribution in [2.24, 2.45) is 17.4 Å². The molecule has 4 unspecified atom stereocenters. The van der Waals surface area contributed by atoms with Crippen molar-refractivity contribution in [2.45, 2.75) is 70.1 Å². The summed E-state index contributed by atoms with van der Waals surface area (Å²) in [5.74, 6) is -5.33. The second-order valence-corrected chi connectivity index (χ2v) is 9.13. The SMILES string of the molecule is CSCCC(NC(=O)C(CC(N)=O)NC(=O)C(N)CCC(=O)O)C(=O)NC(CC(C)C)C(=O)O. The largest absolute Gasteiger partial charge is 0.481 e. The molecule has 0 saturated carbocycles. The number of hydrogen-bond donors (Lipinski definition) is 7. The van der Waals surface area contributed by atoms with Gasteiger partial charge in [-0.05, 0) is 37.2 Å². The highest BCUT2D eigenvalue weighted by molar-refractivity contribution is 7.98. The van der Waals surface area contributed by atoms with E-state index in [9.17, 15) is 33.9 Å². The first kappa shape index (κ1) is 31.1. The van der Waals surface area contributed by atoms with Crippen LogP contribution in [0.15, 0.2) is 0 Å². The van der Waals surface area contributed by atoms with Gasteiger partial charge in [0, 0.05) is 6.42 Å². The van der Waals surface area contributed by atoms with Crippen LogP contribution >= 0.6 is 11.8 Å². The molecule has 194 valence electrons. The molecule has 14 heteroatoms. The number of carboxylic acids is 2. The van der Waals surface area contributed by atoms with Gasteiger partial charge in [0.05, 0.1) is 12.5 Å². The van der Waals surface area contributed by atoms with Gasteiger partial charge in [-0.2, -0.15) is 11.8 Å². The van der Waals surface area contributed by atoms with E-state index in [-0.39, 0.29) is 31.6 Å². The first-order valence-electron chi connectivity index (χ1n) is 10.7. The number of aliphatic carboxylic acids is 2. The minimum atomic E-state index is -1.46. The number of rotatable bonds is 17. The molecule has 13 nitrogen and oxygen atoms in total. The van der Waals surface area contributed by atoms with Crippen LogP contribution in [-0.2, 0) is 28.8 Å². The minimum absolute atomic E-state index is 0.0128. The molecule has 0 fully saturated rings. The number of carbonyl (C=O) groups is 6. The van der Waals surface area contributed by atoms with Gasteiger partial charge in [-0.1, -0.05) is 13.8 Å². The van der Waals surface area contributed by atoms with Gasteiger partial charge < -0.3 is 37.6 Å². The number of carbonyl (C=O) groups excluding carboxylic acids is 4. The molecule has 4 atom stereocenters. The van der Waals surface area contributed by atoms with E-state index in [1.54, 1.807) is 20.1 Å². The first-order chi connectivity index (χ1) is 15.8. The lowest BCUT2D eigenvalue weighted by molar-refractivity contribution is -0.143. The molecular weight excluding hydrogens is 470 g/mol. The number of hydrogen-bond acceptors (Lipinski definition) is 8. The van der Waals surface area contributed by atoms with Crippen LogP contribution < -0.4 is 27.4 Å². The summed E-state index contributed by atoms with van der Waals surface area (Å²) in [5.41, 5.74) is 10.8. The first-order valence-corrected chi connectivity index (χ1v) is 12.1. The van der Waals surface area contributed by atoms with Gasteiger partial charge in [0.1, 0.15) is 18.1 Å². The fourth-order valence-corrected chi connectivity index (χ4v) is 3.31. The Morgan fingerprint density at radius 1 is 0.853 bits per heavy atom. The third kappa shape index (κ3) is 13.0.